The minimum atomic E-state index is 0.487. The summed E-state index contributed by atoms with van der Waals surface area (Å²) in [5, 5.41) is 3.78. The Bertz CT molecular complexity index is 424. The van der Waals surface area contributed by atoms with Gasteiger partial charge in [-0.1, -0.05) is 13.3 Å². The van der Waals surface area contributed by atoms with E-state index in [2.05, 4.69) is 31.3 Å². The molecule has 106 valence electrons. The van der Waals surface area contributed by atoms with Gasteiger partial charge >= 0.3 is 0 Å². The third-order valence-corrected chi connectivity index (χ3v) is 6.26. The zero-order chi connectivity index (χ0) is 13.3. The molecule has 2 atom stereocenters. The Morgan fingerprint density at radius 3 is 2.68 bits per heavy atom. The predicted octanol–water partition coefficient (Wildman–Crippen LogP) is 3.75. The second kappa shape index (κ2) is 5.55. The molecule has 1 aromatic heterocycles. The van der Waals surface area contributed by atoms with Crippen LogP contribution in [0, 0.1) is 5.41 Å². The molecule has 2 nitrogen and oxygen atoms in total. The molecule has 0 aliphatic heterocycles. The predicted molar refractivity (Wildman–Crippen MR) is 80.6 cm³/mol. The summed E-state index contributed by atoms with van der Waals surface area (Å²) in [5.74, 6) is 0. The van der Waals surface area contributed by atoms with E-state index in [1.54, 1.807) is 0 Å². The summed E-state index contributed by atoms with van der Waals surface area (Å²) in [4.78, 5) is 2.97. The first-order valence-electron chi connectivity index (χ1n) is 7.71. The van der Waals surface area contributed by atoms with Crippen molar-refractivity contribution in [1.82, 2.24) is 5.32 Å². The summed E-state index contributed by atoms with van der Waals surface area (Å²) in [6.07, 6.45) is 7.00. The largest absolute Gasteiger partial charge is 0.378 e. The first-order chi connectivity index (χ1) is 9.28. The molecule has 0 radical (unpaired) electrons. The van der Waals surface area contributed by atoms with E-state index in [0.717, 1.165) is 19.6 Å². The summed E-state index contributed by atoms with van der Waals surface area (Å²) in [6, 6.07) is 5.23. The first kappa shape index (κ1) is 13.6. The lowest BCUT2D eigenvalue weighted by atomic mass is 9.51. The molecule has 1 aromatic rings. The van der Waals surface area contributed by atoms with Gasteiger partial charge in [-0.25, -0.2) is 0 Å². The number of hydrogen-bond donors (Lipinski definition) is 1. The van der Waals surface area contributed by atoms with Crippen molar-refractivity contribution in [2.75, 3.05) is 6.61 Å². The molecular weight excluding hydrogens is 254 g/mol. The van der Waals surface area contributed by atoms with Crippen molar-refractivity contribution in [2.24, 2.45) is 5.41 Å². The Kier molecular flexibility index (Phi) is 3.97. The number of hydrogen-bond acceptors (Lipinski definition) is 3. The van der Waals surface area contributed by atoms with E-state index in [-0.39, 0.29) is 0 Å². The van der Waals surface area contributed by atoms with Crippen LogP contribution in [0.25, 0.3) is 0 Å². The van der Waals surface area contributed by atoms with Gasteiger partial charge in [0.15, 0.2) is 0 Å². The van der Waals surface area contributed by atoms with Crippen LogP contribution in [0.2, 0.25) is 0 Å². The number of ether oxygens (including phenoxy) is 1. The highest BCUT2D eigenvalue weighted by Gasteiger charge is 2.58. The SMILES string of the molecule is CCOC1CC(NCc2ccc(CC)s2)C12CCC2. The van der Waals surface area contributed by atoms with E-state index >= 15 is 0 Å². The lowest BCUT2D eigenvalue weighted by molar-refractivity contribution is -0.173. The van der Waals surface area contributed by atoms with Gasteiger partial charge in [0.05, 0.1) is 6.10 Å². The summed E-state index contributed by atoms with van der Waals surface area (Å²) in [5.41, 5.74) is 0.487. The first-order valence-corrected chi connectivity index (χ1v) is 8.52. The van der Waals surface area contributed by atoms with Crippen LogP contribution >= 0.6 is 11.3 Å². The normalized spacial score (nSPS) is 28.1. The molecule has 2 fully saturated rings. The van der Waals surface area contributed by atoms with E-state index in [4.69, 9.17) is 4.74 Å². The van der Waals surface area contributed by atoms with Crippen molar-refractivity contribution < 1.29 is 4.74 Å². The summed E-state index contributed by atoms with van der Waals surface area (Å²) >= 11 is 1.95. The van der Waals surface area contributed by atoms with Gasteiger partial charge in [-0.05, 0) is 44.7 Å². The van der Waals surface area contributed by atoms with Crippen LogP contribution in [0.4, 0.5) is 0 Å². The van der Waals surface area contributed by atoms with Gasteiger partial charge in [-0.15, -0.1) is 11.3 Å². The molecule has 2 aliphatic rings. The molecule has 1 N–H and O–H groups in total. The molecule has 2 saturated carbocycles. The van der Waals surface area contributed by atoms with E-state index in [0.29, 0.717) is 17.6 Å². The molecule has 1 spiro atoms. The lowest BCUT2D eigenvalue weighted by Gasteiger charge is -2.61. The average Bonchev–Trinajstić information content (AvgIpc) is 2.78. The lowest BCUT2D eigenvalue weighted by Crippen LogP contribution is -2.66. The Hall–Kier alpha value is -0.380. The van der Waals surface area contributed by atoms with Gasteiger partial charge < -0.3 is 10.1 Å². The maximum absolute atomic E-state index is 5.90. The third-order valence-electron chi connectivity index (χ3n) is 5.03. The summed E-state index contributed by atoms with van der Waals surface area (Å²) in [7, 11) is 0. The Morgan fingerprint density at radius 2 is 2.11 bits per heavy atom. The molecule has 1 heterocycles. The van der Waals surface area contributed by atoms with Crippen molar-refractivity contribution in [3.05, 3.63) is 21.9 Å². The van der Waals surface area contributed by atoms with E-state index in [9.17, 15) is 0 Å². The maximum atomic E-state index is 5.90. The highest BCUT2D eigenvalue weighted by atomic mass is 32.1. The molecule has 3 heteroatoms. The van der Waals surface area contributed by atoms with Crippen LogP contribution in [0.1, 0.15) is 49.3 Å². The van der Waals surface area contributed by atoms with Crippen molar-refractivity contribution >= 4 is 11.3 Å². The fourth-order valence-corrected chi connectivity index (χ4v) is 4.56. The van der Waals surface area contributed by atoms with E-state index in [1.165, 1.54) is 35.4 Å². The molecule has 0 saturated heterocycles. The highest BCUT2D eigenvalue weighted by Crippen LogP contribution is 2.57. The van der Waals surface area contributed by atoms with Gasteiger partial charge in [-0.3, -0.25) is 0 Å². The van der Waals surface area contributed by atoms with E-state index < -0.39 is 0 Å². The number of thiophene rings is 1. The Balaban J connectivity index is 1.53. The van der Waals surface area contributed by atoms with Crippen molar-refractivity contribution in [1.29, 1.82) is 0 Å². The number of aryl methyl sites for hydroxylation is 1. The fraction of sp³-hybridized carbons (Fsp3) is 0.750. The maximum Gasteiger partial charge on any atom is 0.0661 e. The van der Waals surface area contributed by atoms with Crippen molar-refractivity contribution in [3.8, 4) is 0 Å². The zero-order valence-corrected chi connectivity index (χ0v) is 12.9. The molecule has 0 bridgehead atoms. The van der Waals surface area contributed by atoms with Crippen molar-refractivity contribution in [3.63, 3.8) is 0 Å². The third kappa shape index (κ3) is 2.37. The van der Waals surface area contributed by atoms with Crippen molar-refractivity contribution in [2.45, 2.75) is 64.6 Å². The quantitative estimate of drug-likeness (QED) is 0.856. The van der Waals surface area contributed by atoms with Crippen LogP contribution in [0.5, 0.6) is 0 Å². The molecule has 0 amide bonds. The van der Waals surface area contributed by atoms with Crippen LogP contribution in [0.15, 0.2) is 12.1 Å². The molecule has 19 heavy (non-hydrogen) atoms. The Labute approximate surface area is 120 Å². The van der Waals surface area contributed by atoms with Crippen LogP contribution in [-0.2, 0) is 17.7 Å². The monoisotopic (exact) mass is 279 g/mol. The number of rotatable bonds is 6. The van der Waals surface area contributed by atoms with Gasteiger partial charge in [0.1, 0.15) is 0 Å². The molecule has 3 rings (SSSR count). The van der Waals surface area contributed by atoms with Crippen LogP contribution < -0.4 is 5.32 Å². The smallest absolute Gasteiger partial charge is 0.0661 e. The minimum Gasteiger partial charge on any atom is -0.378 e. The number of nitrogens with one attached hydrogen (secondary N) is 1. The van der Waals surface area contributed by atoms with Crippen LogP contribution in [-0.4, -0.2) is 18.8 Å². The summed E-state index contributed by atoms with van der Waals surface area (Å²) < 4.78 is 5.90. The molecule has 0 aromatic carbocycles. The second-order valence-corrected chi connectivity index (χ2v) is 7.17. The van der Waals surface area contributed by atoms with Gasteiger partial charge in [-0.2, -0.15) is 0 Å². The van der Waals surface area contributed by atoms with Crippen LogP contribution in [0.3, 0.4) is 0 Å². The zero-order valence-electron chi connectivity index (χ0n) is 12.1. The van der Waals surface area contributed by atoms with Gasteiger partial charge in [0.25, 0.3) is 0 Å². The standard InChI is InChI=1S/C16H25NOS/c1-3-12-6-7-13(19-12)11-17-14-10-15(18-4-2)16(14)8-5-9-16/h6-7,14-15,17H,3-5,8-11H2,1-2H3. The fourth-order valence-electron chi connectivity index (χ4n) is 3.66. The summed E-state index contributed by atoms with van der Waals surface area (Å²) in [6.45, 7) is 6.25. The van der Waals surface area contributed by atoms with E-state index in [1.807, 2.05) is 11.3 Å². The molecular formula is C16H25NOS. The Morgan fingerprint density at radius 1 is 1.32 bits per heavy atom. The highest BCUT2D eigenvalue weighted by molar-refractivity contribution is 7.11. The molecule has 2 unspecified atom stereocenters. The topological polar surface area (TPSA) is 21.3 Å². The minimum absolute atomic E-state index is 0.487. The average molecular weight is 279 g/mol. The van der Waals surface area contributed by atoms with Gasteiger partial charge in [0, 0.05) is 34.4 Å². The second-order valence-electron chi connectivity index (χ2n) is 5.92. The molecule has 2 aliphatic carbocycles. The van der Waals surface area contributed by atoms with Gasteiger partial charge in [0.2, 0.25) is 0 Å².